The van der Waals surface area contributed by atoms with Crippen molar-refractivity contribution >= 4 is 48.0 Å². The van der Waals surface area contributed by atoms with Gasteiger partial charge in [0, 0.05) is 41.4 Å². The lowest BCUT2D eigenvalue weighted by Crippen LogP contribution is -2.52. The molecular formula is C42H46N4O8Si. The van der Waals surface area contributed by atoms with E-state index in [1.807, 2.05) is 43.3 Å². The zero-order valence-electron chi connectivity index (χ0n) is 31.4. The van der Waals surface area contributed by atoms with Crippen molar-refractivity contribution in [2.75, 3.05) is 30.5 Å². The number of ether oxygens (including phenoxy) is 2. The fourth-order valence-corrected chi connectivity index (χ4v) is 13.1. The van der Waals surface area contributed by atoms with Gasteiger partial charge in [0.05, 0.1) is 57.5 Å². The van der Waals surface area contributed by atoms with Crippen molar-refractivity contribution in [3.63, 3.8) is 0 Å². The van der Waals surface area contributed by atoms with Gasteiger partial charge in [-0.05, 0) is 66.4 Å². The summed E-state index contributed by atoms with van der Waals surface area (Å²) in [5.74, 6) is -0.553. The van der Waals surface area contributed by atoms with Crippen molar-refractivity contribution in [3.05, 3.63) is 124 Å². The molecular weight excluding hydrogens is 717 g/mol. The van der Waals surface area contributed by atoms with E-state index in [1.165, 1.54) is 12.1 Å². The molecule has 2 saturated heterocycles. The molecule has 5 atom stereocenters. The van der Waals surface area contributed by atoms with Gasteiger partial charge in [-0.25, -0.2) is 0 Å². The van der Waals surface area contributed by atoms with Crippen LogP contribution in [-0.2, 0) is 26.5 Å². The molecule has 2 fully saturated rings. The molecule has 286 valence electrons. The van der Waals surface area contributed by atoms with Gasteiger partial charge in [0.1, 0.15) is 5.75 Å². The molecule has 2 N–H and O–H groups in total. The summed E-state index contributed by atoms with van der Waals surface area (Å²) in [6, 6.07) is 28.2. The van der Waals surface area contributed by atoms with Crippen molar-refractivity contribution in [2.45, 2.75) is 69.1 Å². The molecule has 0 unspecified atom stereocenters. The zero-order valence-corrected chi connectivity index (χ0v) is 32.4. The smallest absolute Gasteiger partial charge is 0.269 e. The number of nitro benzene ring substituents is 1. The Bertz CT molecular complexity index is 2110. The van der Waals surface area contributed by atoms with Gasteiger partial charge in [0.15, 0.2) is 5.60 Å². The van der Waals surface area contributed by atoms with E-state index in [4.69, 9.17) is 9.47 Å². The fraction of sp³-hybridized carbons (Fsp3) is 0.357. The van der Waals surface area contributed by atoms with Gasteiger partial charge in [0.2, 0.25) is 5.91 Å². The average molecular weight is 763 g/mol. The summed E-state index contributed by atoms with van der Waals surface area (Å²) in [6.07, 6.45) is 0.810. The number of carbonyl (C=O) groups excluding carboxylic acids is 3. The molecule has 0 aromatic heterocycles. The molecule has 55 heavy (non-hydrogen) atoms. The first kappa shape index (κ1) is 37.9. The van der Waals surface area contributed by atoms with E-state index in [9.17, 15) is 24.8 Å². The number of hydrogen-bond donors (Lipinski definition) is 2. The molecule has 0 radical (unpaired) electrons. The molecule has 13 heteroatoms. The molecule has 4 aromatic carbocycles. The Morgan fingerprint density at radius 3 is 2.47 bits per heavy atom. The predicted molar refractivity (Wildman–Crippen MR) is 211 cm³/mol. The third-order valence-corrected chi connectivity index (χ3v) is 16.2. The number of carbonyl (C=O) groups is 3. The first-order valence-electron chi connectivity index (χ1n) is 18.7. The lowest BCUT2D eigenvalue weighted by molar-refractivity contribution is -0.385. The summed E-state index contributed by atoms with van der Waals surface area (Å²) in [6.45, 7) is 6.91. The molecule has 3 aliphatic rings. The van der Waals surface area contributed by atoms with E-state index >= 15 is 4.79 Å². The van der Waals surface area contributed by atoms with Crippen LogP contribution in [0.15, 0.2) is 97.1 Å². The summed E-state index contributed by atoms with van der Waals surface area (Å²) in [4.78, 5) is 57.3. The lowest BCUT2D eigenvalue weighted by atomic mass is 9.82. The Morgan fingerprint density at radius 2 is 1.78 bits per heavy atom. The number of nitrogens with zero attached hydrogens (tertiary/aromatic N) is 3. The number of non-ortho nitro benzene ring substituents is 1. The lowest BCUT2D eigenvalue weighted by Gasteiger charge is -2.37. The highest BCUT2D eigenvalue weighted by molar-refractivity contribution is 6.91. The topological polar surface area (TPSA) is 152 Å². The standard InChI is InChI=1S/C42H46N4O8Si/c1-27-39(55(3,4)34-18-16-33(53-2)17-19-34)37(24-38(48)44-21-9-14-32(44)26-47)54-42(27)35-23-31(46(51)52)15-20-36(35)45(41(42)50)25-28-10-8-13-30(22-28)43-40(49)29-11-6-5-7-12-29/h5-8,10-13,15-20,22-23,27,32,37,39,47H,9,14,21,24-26H2,1-4H3,(H,43,49)/t27-,32-,37+,39-,42+/m0/s1. The summed E-state index contributed by atoms with van der Waals surface area (Å²) >= 11 is 0. The van der Waals surface area contributed by atoms with Crippen molar-refractivity contribution in [1.82, 2.24) is 4.90 Å². The minimum absolute atomic E-state index is 0.000535. The molecule has 0 aliphatic carbocycles. The largest absolute Gasteiger partial charge is 0.497 e. The van der Waals surface area contributed by atoms with Crippen LogP contribution in [0.25, 0.3) is 0 Å². The number of nitrogens with one attached hydrogen (secondary N) is 1. The van der Waals surface area contributed by atoms with Crippen LogP contribution in [0.3, 0.4) is 0 Å². The van der Waals surface area contributed by atoms with E-state index in [0.29, 0.717) is 41.2 Å². The second kappa shape index (κ2) is 15.0. The summed E-state index contributed by atoms with van der Waals surface area (Å²) in [5, 5.41) is 26.3. The maximum Gasteiger partial charge on any atom is 0.269 e. The molecule has 1 spiro atoms. The van der Waals surface area contributed by atoms with Gasteiger partial charge in [-0.15, -0.1) is 0 Å². The van der Waals surface area contributed by atoms with Crippen molar-refractivity contribution in [3.8, 4) is 5.75 Å². The second-order valence-corrected chi connectivity index (χ2v) is 20.0. The van der Waals surface area contributed by atoms with Crippen LogP contribution >= 0.6 is 0 Å². The van der Waals surface area contributed by atoms with Crippen LogP contribution in [0.2, 0.25) is 18.6 Å². The number of amides is 3. The van der Waals surface area contributed by atoms with E-state index in [1.54, 1.807) is 65.4 Å². The number of likely N-dealkylation sites (tertiary alicyclic amines) is 1. The van der Waals surface area contributed by atoms with Crippen LogP contribution in [0.4, 0.5) is 17.1 Å². The Kier molecular flexibility index (Phi) is 10.4. The van der Waals surface area contributed by atoms with Crippen LogP contribution in [0.1, 0.15) is 47.7 Å². The van der Waals surface area contributed by atoms with Crippen LogP contribution < -0.4 is 20.1 Å². The van der Waals surface area contributed by atoms with Crippen molar-refractivity contribution in [2.24, 2.45) is 5.92 Å². The maximum absolute atomic E-state index is 15.2. The van der Waals surface area contributed by atoms with Gasteiger partial charge in [0.25, 0.3) is 17.5 Å². The average Bonchev–Trinajstić information content (AvgIpc) is 3.85. The zero-order chi connectivity index (χ0) is 39.1. The number of hydrogen-bond acceptors (Lipinski definition) is 8. The van der Waals surface area contributed by atoms with Gasteiger partial charge in [-0.2, -0.15) is 0 Å². The predicted octanol–water partition coefficient (Wildman–Crippen LogP) is 5.99. The first-order valence-corrected chi connectivity index (χ1v) is 21.8. The number of methoxy groups -OCH3 is 1. The number of fused-ring (bicyclic) bond motifs is 2. The Hall–Kier alpha value is -5.37. The summed E-state index contributed by atoms with van der Waals surface area (Å²) < 4.78 is 12.5. The van der Waals surface area contributed by atoms with Crippen LogP contribution in [-0.4, -0.2) is 73.1 Å². The highest BCUT2D eigenvalue weighted by Gasteiger charge is 2.67. The van der Waals surface area contributed by atoms with Gasteiger partial charge < -0.3 is 29.7 Å². The van der Waals surface area contributed by atoms with Crippen LogP contribution in [0.5, 0.6) is 5.75 Å². The van der Waals surface area contributed by atoms with E-state index in [0.717, 1.165) is 17.2 Å². The molecule has 0 saturated carbocycles. The molecule has 0 bridgehead atoms. The van der Waals surface area contributed by atoms with Gasteiger partial charge >= 0.3 is 0 Å². The fourth-order valence-electron chi connectivity index (χ4n) is 9.14. The Morgan fingerprint density at radius 1 is 1.04 bits per heavy atom. The number of rotatable bonds is 11. The highest BCUT2D eigenvalue weighted by atomic mass is 28.3. The Balaban J connectivity index is 1.28. The number of anilines is 2. The number of aliphatic hydroxyl groups excluding tert-OH is 1. The molecule has 3 heterocycles. The minimum atomic E-state index is -2.61. The quantitative estimate of drug-likeness (QED) is 0.107. The minimum Gasteiger partial charge on any atom is -0.497 e. The first-order chi connectivity index (χ1) is 26.4. The molecule has 7 rings (SSSR count). The Labute approximate surface area is 321 Å². The summed E-state index contributed by atoms with van der Waals surface area (Å²) in [7, 11) is -1.00. The molecule has 3 aliphatic heterocycles. The normalized spacial score (nSPS) is 23.3. The van der Waals surface area contributed by atoms with Crippen molar-refractivity contribution in [1.29, 1.82) is 0 Å². The van der Waals surface area contributed by atoms with Crippen LogP contribution in [0, 0.1) is 16.0 Å². The summed E-state index contributed by atoms with van der Waals surface area (Å²) in [5.41, 5.74) is 0.633. The maximum atomic E-state index is 15.2. The third kappa shape index (κ3) is 6.81. The SMILES string of the molecule is COc1ccc([Si](C)(C)[C@@H]2[C@@H](CC(=O)N3CCC[C@H]3CO)O[C@]3(C(=O)N(Cc4cccc(NC(=O)c5ccccc5)c4)c4ccc([N+](=O)[O-])cc43)[C@H]2C)cc1. The highest BCUT2D eigenvalue weighted by Crippen LogP contribution is 2.60. The van der Waals surface area contributed by atoms with Gasteiger partial charge in [-0.3, -0.25) is 24.5 Å². The number of nitro groups is 1. The molecule has 3 amide bonds. The number of benzene rings is 4. The van der Waals surface area contributed by atoms with E-state index in [-0.39, 0.29) is 54.6 Å². The third-order valence-electron chi connectivity index (χ3n) is 11.9. The van der Waals surface area contributed by atoms with Gasteiger partial charge in [-0.1, -0.05) is 67.7 Å². The van der Waals surface area contributed by atoms with Crippen molar-refractivity contribution < 1.29 is 33.9 Å². The second-order valence-electron chi connectivity index (χ2n) is 15.3. The molecule has 12 nitrogen and oxygen atoms in total. The van der Waals surface area contributed by atoms with E-state index in [2.05, 4.69) is 18.4 Å². The monoisotopic (exact) mass is 762 g/mol. The van der Waals surface area contributed by atoms with E-state index < -0.39 is 30.6 Å². The number of aliphatic hydroxyl groups is 1. The molecule has 4 aromatic rings.